The summed E-state index contributed by atoms with van der Waals surface area (Å²) in [4.78, 5) is 0. The van der Waals surface area contributed by atoms with Crippen LogP contribution in [0.2, 0.25) is 0 Å². The minimum absolute atomic E-state index is 0.296. The first-order valence-electron chi connectivity index (χ1n) is 6.26. The summed E-state index contributed by atoms with van der Waals surface area (Å²) < 4.78 is 0. The van der Waals surface area contributed by atoms with Gasteiger partial charge in [0.15, 0.2) is 0 Å². The van der Waals surface area contributed by atoms with Gasteiger partial charge in [-0.3, -0.25) is 0 Å². The van der Waals surface area contributed by atoms with Gasteiger partial charge in [0.05, 0.1) is 5.60 Å². The van der Waals surface area contributed by atoms with E-state index in [1.54, 1.807) is 0 Å². The lowest BCUT2D eigenvalue weighted by molar-refractivity contribution is -0.105. The Labute approximate surface area is 85.1 Å². The molecule has 2 heteroatoms. The van der Waals surface area contributed by atoms with Crippen molar-refractivity contribution in [2.24, 2.45) is 23.7 Å². The van der Waals surface area contributed by atoms with Crippen molar-refractivity contribution in [2.75, 3.05) is 6.54 Å². The number of hydrogen-bond acceptors (Lipinski definition) is 2. The SMILES string of the molecule is OC1(C2CCC2)C2CC3CNC1C3C2. The lowest BCUT2D eigenvalue weighted by Gasteiger charge is -2.47. The summed E-state index contributed by atoms with van der Waals surface area (Å²) in [6.07, 6.45) is 6.53. The molecular formula is C12H19NO. The van der Waals surface area contributed by atoms with Gasteiger partial charge in [-0.2, -0.15) is 0 Å². The molecule has 5 unspecified atom stereocenters. The van der Waals surface area contributed by atoms with Gasteiger partial charge in [-0.05, 0) is 55.9 Å². The van der Waals surface area contributed by atoms with Crippen molar-refractivity contribution >= 4 is 0 Å². The van der Waals surface area contributed by atoms with Crippen LogP contribution in [0, 0.1) is 23.7 Å². The number of rotatable bonds is 1. The van der Waals surface area contributed by atoms with E-state index in [1.807, 2.05) is 0 Å². The van der Waals surface area contributed by atoms with Crippen molar-refractivity contribution < 1.29 is 5.11 Å². The summed E-state index contributed by atoms with van der Waals surface area (Å²) in [7, 11) is 0. The number of nitrogens with one attached hydrogen (secondary N) is 1. The van der Waals surface area contributed by atoms with E-state index >= 15 is 0 Å². The molecule has 4 aliphatic rings. The Morgan fingerprint density at radius 1 is 1.14 bits per heavy atom. The molecule has 14 heavy (non-hydrogen) atoms. The predicted octanol–water partition coefficient (Wildman–Crippen LogP) is 1.15. The molecule has 5 atom stereocenters. The summed E-state index contributed by atoms with van der Waals surface area (Å²) in [6.45, 7) is 1.18. The van der Waals surface area contributed by atoms with Gasteiger partial charge in [0, 0.05) is 6.04 Å². The van der Waals surface area contributed by atoms with Crippen molar-refractivity contribution in [3.63, 3.8) is 0 Å². The third kappa shape index (κ3) is 0.704. The zero-order valence-electron chi connectivity index (χ0n) is 8.58. The Kier molecular flexibility index (Phi) is 1.37. The molecule has 0 aromatic rings. The van der Waals surface area contributed by atoms with Crippen LogP contribution in [-0.2, 0) is 0 Å². The third-order valence-corrected chi connectivity index (χ3v) is 5.69. The monoisotopic (exact) mass is 193 g/mol. The van der Waals surface area contributed by atoms with Gasteiger partial charge in [-0.25, -0.2) is 0 Å². The Bertz CT molecular complexity index is 273. The highest BCUT2D eigenvalue weighted by Crippen LogP contribution is 2.61. The fraction of sp³-hybridized carbons (Fsp3) is 1.00. The van der Waals surface area contributed by atoms with Gasteiger partial charge in [0.25, 0.3) is 0 Å². The Balaban J connectivity index is 1.73. The van der Waals surface area contributed by atoms with Gasteiger partial charge in [0.1, 0.15) is 0 Å². The van der Waals surface area contributed by atoms with Crippen LogP contribution in [0.25, 0.3) is 0 Å². The molecule has 78 valence electrons. The van der Waals surface area contributed by atoms with Crippen LogP contribution < -0.4 is 5.32 Å². The van der Waals surface area contributed by atoms with Crippen LogP contribution in [0.4, 0.5) is 0 Å². The van der Waals surface area contributed by atoms with Crippen molar-refractivity contribution in [3.8, 4) is 0 Å². The van der Waals surface area contributed by atoms with E-state index in [2.05, 4.69) is 5.32 Å². The highest BCUT2D eigenvalue weighted by atomic mass is 16.3. The Hall–Kier alpha value is -0.0800. The molecule has 0 spiro atoms. The van der Waals surface area contributed by atoms with E-state index in [-0.39, 0.29) is 5.60 Å². The van der Waals surface area contributed by atoms with Crippen molar-refractivity contribution in [2.45, 2.75) is 43.7 Å². The molecule has 0 radical (unpaired) electrons. The lowest BCUT2D eigenvalue weighted by Crippen LogP contribution is -2.57. The zero-order valence-corrected chi connectivity index (χ0v) is 8.58. The molecule has 3 aliphatic carbocycles. The summed E-state index contributed by atoms with van der Waals surface area (Å²) in [6, 6.07) is 0.469. The molecule has 0 aromatic heterocycles. The maximum Gasteiger partial charge on any atom is 0.0858 e. The average molecular weight is 193 g/mol. The lowest BCUT2D eigenvalue weighted by atomic mass is 9.64. The molecule has 1 aliphatic heterocycles. The first-order valence-corrected chi connectivity index (χ1v) is 6.26. The second-order valence-corrected chi connectivity index (χ2v) is 5.99. The molecule has 0 aromatic carbocycles. The molecule has 2 bridgehead atoms. The van der Waals surface area contributed by atoms with Gasteiger partial charge in [0.2, 0.25) is 0 Å². The summed E-state index contributed by atoms with van der Waals surface area (Å²) in [5.74, 6) is 3.01. The van der Waals surface area contributed by atoms with Gasteiger partial charge >= 0.3 is 0 Å². The summed E-state index contributed by atoms with van der Waals surface area (Å²) >= 11 is 0. The van der Waals surface area contributed by atoms with Crippen molar-refractivity contribution in [3.05, 3.63) is 0 Å². The fourth-order valence-electron chi connectivity index (χ4n) is 4.83. The quantitative estimate of drug-likeness (QED) is 0.654. The third-order valence-electron chi connectivity index (χ3n) is 5.69. The highest BCUT2D eigenvalue weighted by Gasteiger charge is 2.66. The first-order chi connectivity index (χ1) is 6.80. The maximum atomic E-state index is 10.9. The summed E-state index contributed by atoms with van der Waals surface area (Å²) in [5, 5.41) is 14.5. The number of aliphatic hydroxyl groups is 1. The van der Waals surface area contributed by atoms with E-state index in [0.29, 0.717) is 17.9 Å². The highest BCUT2D eigenvalue weighted by molar-refractivity contribution is 5.19. The largest absolute Gasteiger partial charge is 0.388 e. The molecule has 4 fully saturated rings. The number of fused-ring (bicyclic) bond motifs is 1. The minimum Gasteiger partial charge on any atom is -0.388 e. The zero-order chi connectivity index (χ0) is 9.34. The topological polar surface area (TPSA) is 32.3 Å². The minimum atomic E-state index is -0.296. The second-order valence-electron chi connectivity index (χ2n) is 5.99. The maximum absolute atomic E-state index is 10.9. The predicted molar refractivity (Wildman–Crippen MR) is 53.8 cm³/mol. The van der Waals surface area contributed by atoms with Gasteiger partial charge in [-0.15, -0.1) is 0 Å². The van der Waals surface area contributed by atoms with Crippen molar-refractivity contribution in [1.29, 1.82) is 0 Å². The van der Waals surface area contributed by atoms with Crippen LogP contribution in [0.15, 0.2) is 0 Å². The van der Waals surface area contributed by atoms with E-state index in [0.717, 1.165) is 11.8 Å². The Morgan fingerprint density at radius 3 is 2.71 bits per heavy atom. The van der Waals surface area contributed by atoms with E-state index in [1.165, 1.54) is 38.6 Å². The molecule has 1 heterocycles. The van der Waals surface area contributed by atoms with Crippen molar-refractivity contribution in [1.82, 2.24) is 5.32 Å². The molecule has 2 nitrogen and oxygen atoms in total. The summed E-state index contributed by atoms with van der Waals surface area (Å²) in [5.41, 5.74) is -0.296. The average Bonchev–Trinajstić information content (AvgIpc) is 2.57. The second kappa shape index (κ2) is 2.35. The number of hydrogen-bond donors (Lipinski definition) is 2. The van der Waals surface area contributed by atoms with E-state index < -0.39 is 0 Å². The molecule has 2 N–H and O–H groups in total. The van der Waals surface area contributed by atoms with Crippen LogP contribution in [0.1, 0.15) is 32.1 Å². The smallest absolute Gasteiger partial charge is 0.0858 e. The molecule has 0 amide bonds. The molecule has 1 saturated heterocycles. The fourth-order valence-corrected chi connectivity index (χ4v) is 4.83. The van der Waals surface area contributed by atoms with E-state index in [4.69, 9.17) is 0 Å². The first kappa shape index (κ1) is 8.12. The van der Waals surface area contributed by atoms with Crippen LogP contribution in [-0.4, -0.2) is 23.3 Å². The normalized spacial score (nSPS) is 60.6. The Morgan fingerprint density at radius 2 is 2.00 bits per heavy atom. The van der Waals surface area contributed by atoms with Crippen LogP contribution >= 0.6 is 0 Å². The van der Waals surface area contributed by atoms with Crippen LogP contribution in [0.3, 0.4) is 0 Å². The van der Waals surface area contributed by atoms with Gasteiger partial charge < -0.3 is 10.4 Å². The van der Waals surface area contributed by atoms with Crippen LogP contribution in [0.5, 0.6) is 0 Å². The molecule has 4 rings (SSSR count). The van der Waals surface area contributed by atoms with Gasteiger partial charge in [-0.1, -0.05) is 6.42 Å². The van der Waals surface area contributed by atoms with E-state index in [9.17, 15) is 5.11 Å². The standard InChI is InChI=1S/C12H19NO/c14-12(8-2-1-3-8)9-4-7-6-13-11(12)10(7)5-9/h7-11,13-14H,1-6H2. The molecular weight excluding hydrogens is 174 g/mol. The molecule has 3 saturated carbocycles.